The Kier molecular flexibility index (Phi) is 3.35. The summed E-state index contributed by atoms with van der Waals surface area (Å²) in [5.74, 6) is -0.549. The van der Waals surface area contributed by atoms with Crippen LogP contribution < -0.4 is 0 Å². The zero-order valence-corrected chi connectivity index (χ0v) is 11.8. The molecule has 4 nitrogen and oxygen atoms in total. The Bertz CT molecular complexity index is 857. The van der Waals surface area contributed by atoms with Gasteiger partial charge in [-0.3, -0.25) is 0 Å². The quantitative estimate of drug-likeness (QED) is 0.613. The number of nitrogens with zero attached hydrogens (tertiary/aromatic N) is 2. The van der Waals surface area contributed by atoms with Crippen molar-refractivity contribution >= 4 is 33.9 Å². The maximum Gasteiger partial charge on any atom is 0.218 e. The second kappa shape index (κ2) is 5.18. The van der Waals surface area contributed by atoms with Crippen LogP contribution in [0, 0.1) is 12.7 Å². The Balaban J connectivity index is 2.06. The van der Waals surface area contributed by atoms with Crippen molar-refractivity contribution in [2.75, 3.05) is 0 Å². The molecule has 0 aliphatic heterocycles. The minimum absolute atomic E-state index is 0.147. The van der Waals surface area contributed by atoms with Gasteiger partial charge in [0.25, 0.3) is 0 Å². The molecule has 0 saturated heterocycles. The molecule has 0 aliphatic carbocycles. The highest BCUT2D eigenvalue weighted by Crippen LogP contribution is 2.37. The van der Waals surface area contributed by atoms with Gasteiger partial charge in [-0.25, -0.2) is 4.39 Å². The summed E-state index contributed by atoms with van der Waals surface area (Å²) in [6, 6.07) is 9.35. The number of hydrogen-bond acceptors (Lipinski definition) is 3. The molecule has 0 bridgehead atoms. The largest absolute Gasteiger partial charge is 0.493 e. The van der Waals surface area contributed by atoms with Gasteiger partial charge in [0.1, 0.15) is 5.82 Å². The number of azo groups is 1. The Morgan fingerprint density at radius 3 is 2.71 bits per heavy atom. The number of benzene rings is 2. The molecular formula is C15H11ClFN3O. The van der Waals surface area contributed by atoms with Gasteiger partial charge >= 0.3 is 0 Å². The van der Waals surface area contributed by atoms with Gasteiger partial charge in [-0.2, -0.15) is 5.11 Å². The van der Waals surface area contributed by atoms with Gasteiger partial charge in [-0.1, -0.05) is 11.6 Å². The summed E-state index contributed by atoms with van der Waals surface area (Å²) in [4.78, 5) is 2.73. The molecule has 21 heavy (non-hydrogen) atoms. The van der Waals surface area contributed by atoms with E-state index in [1.807, 2.05) is 6.92 Å². The summed E-state index contributed by atoms with van der Waals surface area (Å²) < 4.78 is 13.3. The number of aryl methyl sites for hydroxylation is 1. The van der Waals surface area contributed by atoms with Crippen molar-refractivity contribution in [3.8, 4) is 5.88 Å². The summed E-state index contributed by atoms with van der Waals surface area (Å²) in [5.41, 5.74) is 2.29. The predicted molar refractivity (Wildman–Crippen MR) is 80.3 cm³/mol. The van der Waals surface area contributed by atoms with Crippen molar-refractivity contribution < 1.29 is 9.50 Å². The first-order chi connectivity index (χ1) is 10.0. The summed E-state index contributed by atoms with van der Waals surface area (Å²) in [6.07, 6.45) is 0. The fourth-order valence-corrected chi connectivity index (χ4v) is 2.30. The average molecular weight is 304 g/mol. The van der Waals surface area contributed by atoms with Gasteiger partial charge in [0, 0.05) is 10.4 Å². The molecule has 0 amide bonds. The third-order valence-electron chi connectivity index (χ3n) is 3.13. The van der Waals surface area contributed by atoms with E-state index in [2.05, 4.69) is 15.2 Å². The van der Waals surface area contributed by atoms with Gasteiger partial charge in [0.15, 0.2) is 5.69 Å². The molecule has 1 heterocycles. The first-order valence-corrected chi connectivity index (χ1v) is 6.60. The van der Waals surface area contributed by atoms with E-state index in [9.17, 15) is 9.50 Å². The van der Waals surface area contributed by atoms with E-state index in [1.54, 1.807) is 18.2 Å². The topological polar surface area (TPSA) is 60.7 Å². The Morgan fingerprint density at radius 1 is 1.14 bits per heavy atom. The van der Waals surface area contributed by atoms with Crippen molar-refractivity contribution in [1.82, 2.24) is 4.98 Å². The molecule has 3 rings (SSSR count). The van der Waals surface area contributed by atoms with Crippen molar-refractivity contribution in [3.63, 3.8) is 0 Å². The van der Waals surface area contributed by atoms with Gasteiger partial charge in [-0.15, -0.1) is 5.11 Å². The van der Waals surface area contributed by atoms with Crippen LogP contribution in [0.4, 0.5) is 15.8 Å². The minimum Gasteiger partial charge on any atom is -0.493 e. The van der Waals surface area contributed by atoms with Crippen LogP contribution in [-0.2, 0) is 0 Å². The van der Waals surface area contributed by atoms with Gasteiger partial charge < -0.3 is 10.1 Å². The van der Waals surface area contributed by atoms with Crippen LogP contribution >= 0.6 is 11.6 Å². The monoisotopic (exact) mass is 303 g/mol. The van der Waals surface area contributed by atoms with E-state index >= 15 is 0 Å². The summed E-state index contributed by atoms with van der Waals surface area (Å²) >= 11 is 5.88. The zero-order valence-electron chi connectivity index (χ0n) is 11.1. The van der Waals surface area contributed by atoms with E-state index < -0.39 is 5.82 Å². The van der Waals surface area contributed by atoms with E-state index in [-0.39, 0.29) is 11.6 Å². The number of H-pyrrole nitrogens is 1. The van der Waals surface area contributed by atoms with Gasteiger partial charge in [0.2, 0.25) is 5.88 Å². The van der Waals surface area contributed by atoms with Crippen molar-refractivity contribution in [3.05, 3.63) is 52.8 Å². The Labute approximate surface area is 124 Å². The molecule has 0 radical (unpaired) electrons. The molecule has 6 heteroatoms. The lowest BCUT2D eigenvalue weighted by molar-refractivity contribution is 0.459. The second-order valence-corrected chi connectivity index (χ2v) is 5.08. The van der Waals surface area contributed by atoms with Crippen LogP contribution in [0.2, 0.25) is 5.02 Å². The number of aromatic nitrogens is 1. The molecule has 0 saturated carbocycles. The average Bonchev–Trinajstić information content (AvgIpc) is 2.73. The molecule has 0 unspecified atom stereocenters. The number of rotatable bonds is 2. The maximum absolute atomic E-state index is 13.3. The zero-order chi connectivity index (χ0) is 15.0. The van der Waals surface area contributed by atoms with Gasteiger partial charge in [0.05, 0.1) is 11.2 Å². The van der Waals surface area contributed by atoms with E-state index in [4.69, 9.17) is 11.6 Å². The molecule has 106 valence electrons. The normalized spacial score (nSPS) is 11.6. The highest BCUT2D eigenvalue weighted by Gasteiger charge is 2.11. The van der Waals surface area contributed by atoms with Crippen molar-refractivity contribution in [1.29, 1.82) is 0 Å². The molecule has 3 aromatic rings. The number of fused-ring (bicyclic) bond motifs is 1. The number of halogens is 2. The lowest BCUT2D eigenvalue weighted by atomic mass is 10.2. The summed E-state index contributed by atoms with van der Waals surface area (Å²) in [5, 5.41) is 19.1. The maximum atomic E-state index is 13.3. The lowest BCUT2D eigenvalue weighted by Crippen LogP contribution is -1.74. The number of aromatic hydroxyl groups is 1. The van der Waals surface area contributed by atoms with Crippen LogP contribution in [0.5, 0.6) is 5.88 Å². The number of hydrogen-bond donors (Lipinski definition) is 2. The smallest absolute Gasteiger partial charge is 0.218 e. The molecule has 2 aromatic carbocycles. The molecule has 0 aliphatic rings. The molecule has 0 atom stereocenters. The van der Waals surface area contributed by atoms with Crippen LogP contribution in [0.25, 0.3) is 10.9 Å². The van der Waals surface area contributed by atoms with Gasteiger partial charge in [-0.05, 0) is 48.9 Å². The Morgan fingerprint density at radius 2 is 1.95 bits per heavy atom. The minimum atomic E-state index is -0.402. The highest BCUT2D eigenvalue weighted by molar-refractivity contribution is 6.30. The van der Waals surface area contributed by atoms with Crippen LogP contribution in [0.15, 0.2) is 46.6 Å². The third-order valence-corrected chi connectivity index (χ3v) is 3.37. The number of nitrogens with one attached hydrogen (secondary N) is 1. The fraction of sp³-hybridized carbons (Fsp3) is 0.0667. The summed E-state index contributed by atoms with van der Waals surface area (Å²) in [7, 11) is 0. The molecule has 2 N–H and O–H groups in total. The molecular weight excluding hydrogens is 293 g/mol. The lowest BCUT2D eigenvalue weighted by Gasteiger charge is -1.99. The van der Waals surface area contributed by atoms with E-state index in [0.717, 1.165) is 5.56 Å². The van der Waals surface area contributed by atoms with Crippen LogP contribution in [-0.4, -0.2) is 10.1 Å². The molecule has 0 fully saturated rings. The molecule has 1 aromatic heterocycles. The fourth-order valence-electron chi connectivity index (χ4n) is 2.07. The molecule has 0 spiro atoms. The summed E-state index contributed by atoms with van der Waals surface area (Å²) in [6.45, 7) is 1.86. The first-order valence-electron chi connectivity index (χ1n) is 6.22. The predicted octanol–water partition coefficient (Wildman–Crippen LogP) is 5.39. The van der Waals surface area contributed by atoms with Crippen molar-refractivity contribution in [2.45, 2.75) is 6.92 Å². The standard InChI is InChI=1S/C15H11ClFN3O/c1-8-6-9(16)2-4-12(8)19-20-14-11-7-10(17)3-5-13(11)18-15(14)21/h2-7,18,21H,1H3. The van der Waals surface area contributed by atoms with Crippen LogP contribution in [0.3, 0.4) is 0 Å². The third kappa shape index (κ3) is 2.60. The highest BCUT2D eigenvalue weighted by atomic mass is 35.5. The van der Waals surface area contributed by atoms with Crippen molar-refractivity contribution in [2.24, 2.45) is 10.2 Å². The Hall–Kier alpha value is -2.40. The SMILES string of the molecule is Cc1cc(Cl)ccc1N=Nc1c(O)[nH]c2ccc(F)cc12. The number of aromatic amines is 1. The first kappa shape index (κ1) is 13.6. The van der Waals surface area contributed by atoms with Crippen LogP contribution in [0.1, 0.15) is 5.56 Å². The van der Waals surface area contributed by atoms with E-state index in [0.29, 0.717) is 21.6 Å². The second-order valence-electron chi connectivity index (χ2n) is 4.64. The van der Waals surface area contributed by atoms with E-state index in [1.165, 1.54) is 18.2 Å².